The lowest BCUT2D eigenvalue weighted by molar-refractivity contribution is 0.0508. The molecule has 1 aromatic heterocycles. The molecule has 41 heavy (non-hydrogen) atoms. The zero-order valence-electron chi connectivity index (χ0n) is 23.8. The van der Waals surface area contributed by atoms with Crippen molar-refractivity contribution in [1.29, 1.82) is 0 Å². The van der Waals surface area contributed by atoms with E-state index >= 15 is 0 Å². The van der Waals surface area contributed by atoms with E-state index in [2.05, 4.69) is 0 Å². The molecule has 0 aliphatic carbocycles. The third kappa shape index (κ3) is 6.24. The first kappa shape index (κ1) is 30.5. The second-order valence-corrected chi connectivity index (χ2v) is 13.7. The van der Waals surface area contributed by atoms with Crippen LogP contribution in [0.1, 0.15) is 53.9 Å². The third-order valence-electron chi connectivity index (χ3n) is 6.99. The fourth-order valence-electron chi connectivity index (χ4n) is 4.91. The summed E-state index contributed by atoms with van der Waals surface area (Å²) in [7, 11) is -7.69. The van der Waals surface area contributed by atoms with Crippen molar-refractivity contribution >= 4 is 36.9 Å². The van der Waals surface area contributed by atoms with Crippen molar-refractivity contribution in [1.82, 2.24) is 8.28 Å². The smallest absolute Gasteiger partial charge is 0.338 e. The summed E-state index contributed by atoms with van der Waals surface area (Å²) in [6.07, 6.45) is 1.50. The van der Waals surface area contributed by atoms with Gasteiger partial charge in [-0.1, -0.05) is 55.8 Å². The van der Waals surface area contributed by atoms with Gasteiger partial charge >= 0.3 is 5.97 Å². The molecule has 0 bridgehead atoms. The van der Waals surface area contributed by atoms with Crippen LogP contribution in [0.4, 0.5) is 0 Å². The summed E-state index contributed by atoms with van der Waals surface area (Å²) in [6, 6.07) is 19.8. The molecule has 0 atom stereocenters. The van der Waals surface area contributed by atoms with Gasteiger partial charge in [-0.2, -0.15) is 4.31 Å². The fraction of sp³-hybridized carbons (Fsp3) is 0.323. The normalized spacial score (nSPS) is 12.2. The first-order valence-electron chi connectivity index (χ1n) is 13.7. The Morgan fingerprint density at radius 3 is 2.15 bits per heavy atom. The molecule has 4 rings (SSSR count). The van der Waals surface area contributed by atoms with Gasteiger partial charge in [0.25, 0.3) is 10.0 Å². The molecule has 0 N–H and O–H groups in total. The van der Waals surface area contributed by atoms with Crippen molar-refractivity contribution < 1.29 is 26.4 Å². The lowest BCUT2D eigenvalue weighted by atomic mass is 10.1. The molecule has 0 spiro atoms. The fourth-order valence-corrected chi connectivity index (χ4v) is 8.21. The van der Waals surface area contributed by atoms with Gasteiger partial charge in [-0.15, -0.1) is 0 Å². The maximum absolute atomic E-state index is 13.8. The second-order valence-electron chi connectivity index (χ2n) is 9.99. The van der Waals surface area contributed by atoms with Crippen LogP contribution < -0.4 is 0 Å². The number of hydrogen-bond acceptors (Lipinski definition) is 6. The number of rotatable bonds is 12. The number of aromatic nitrogens is 1. The topological polar surface area (TPSA) is 103 Å². The van der Waals surface area contributed by atoms with Crippen LogP contribution in [0.5, 0.6) is 0 Å². The minimum Gasteiger partial charge on any atom is -0.462 e. The molecule has 0 aliphatic heterocycles. The monoisotopic (exact) mass is 596 g/mol. The van der Waals surface area contributed by atoms with E-state index in [-0.39, 0.29) is 28.4 Å². The van der Waals surface area contributed by atoms with Crippen LogP contribution in [-0.2, 0) is 31.2 Å². The predicted octanol–water partition coefficient (Wildman–Crippen LogP) is 5.71. The number of nitrogens with zero attached hydrogens (tertiary/aromatic N) is 2. The maximum Gasteiger partial charge on any atom is 0.338 e. The first-order valence-corrected chi connectivity index (χ1v) is 16.6. The number of hydrogen-bond donors (Lipinski definition) is 0. The number of para-hydroxylation sites is 1. The molecular weight excluding hydrogens is 560 g/mol. The van der Waals surface area contributed by atoms with Crippen LogP contribution in [0.25, 0.3) is 10.9 Å². The maximum atomic E-state index is 13.8. The molecule has 0 aliphatic rings. The third-order valence-corrected chi connectivity index (χ3v) is 10.6. The van der Waals surface area contributed by atoms with E-state index in [0.717, 1.165) is 16.5 Å². The van der Waals surface area contributed by atoms with Crippen LogP contribution >= 0.6 is 0 Å². The van der Waals surface area contributed by atoms with E-state index in [1.807, 2.05) is 39.8 Å². The quantitative estimate of drug-likeness (QED) is 0.194. The molecule has 0 radical (unpaired) electrons. The molecule has 10 heteroatoms. The minimum atomic E-state index is -3.93. The highest BCUT2D eigenvalue weighted by Crippen LogP contribution is 2.30. The lowest BCUT2D eigenvalue weighted by Gasteiger charge is -2.21. The number of aryl methyl sites for hydroxylation is 2. The van der Waals surface area contributed by atoms with Crippen LogP contribution in [0.15, 0.2) is 82.6 Å². The van der Waals surface area contributed by atoms with Gasteiger partial charge in [-0.3, -0.25) is 0 Å². The molecule has 8 nitrogen and oxygen atoms in total. The number of esters is 1. The number of fused-ring (bicyclic) bond motifs is 1. The van der Waals surface area contributed by atoms with E-state index in [0.29, 0.717) is 37.1 Å². The molecule has 4 aromatic rings. The van der Waals surface area contributed by atoms with Crippen LogP contribution in [0.3, 0.4) is 0 Å². The SMILES string of the molecule is CCCN(CCC)S(=O)(=O)c1cccc(C(=O)OCCc2c(C)c3ccccc3n2S(=O)(=O)c2ccc(C)cc2)c1. The highest BCUT2D eigenvalue weighted by Gasteiger charge is 2.26. The largest absolute Gasteiger partial charge is 0.462 e. The standard InChI is InChI=1S/C31H36N2O6S2/c1-5-19-32(20-6-2)40(35,36)27-11-9-10-25(22-27)31(34)39-21-18-29-24(4)28-12-7-8-13-30(28)33(29)41(37,38)26-16-14-23(3)15-17-26/h7-17,22H,5-6,18-21H2,1-4H3. The van der Waals surface area contributed by atoms with Crippen molar-refractivity contribution in [2.24, 2.45) is 0 Å². The number of sulfonamides is 1. The molecule has 0 unspecified atom stereocenters. The van der Waals surface area contributed by atoms with Crippen molar-refractivity contribution in [2.45, 2.75) is 56.7 Å². The summed E-state index contributed by atoms with van der Waals surface area (Å²) in [5, 5.41) is 0.797. The Hall–Kier alpha value is -3.47. The zero-order valence-corrected chi connectivity index (χ0v) is 25.5. The highest BCUT2D eigenvalue weighted by molar-refractivity contribution is 7.90. The summed E-state index contributed by atoms with van der Waals surface area (Å²) in [4.78, 5) is 13.2. The van der Waals surface area contributed by atoms with Gasteiger partial charge in [0.1, 0.15) is 0 Å². The highest BCUT2D eigenvalue weighted by atomic mass is 32.2. The molecule has 0 saturated heterocycles. The summed E-state index contributed by atoms with van der Waals surface area (Å²) in [5.41, 5.74) is 2.92. The Balaban J connectivity index is 1.59. The average molecular weight is 597 g/mol. The number of carbonyl (C=O) groups excluding carboxylic acids is 1. The predicted molar refractivity (Wildman–Crippen MR) is 160 cm³/mol. The molecular formula is C31H36N2O6S2. The van der Waals surface area contributed by atoms with E-state index in [4.69, 9.17) is 4.74 Å². The minimum absolute atomic E-state index is 0.0361. The molecule has 218 valence electrons. The van der Waals surface area contributed by atoms with Crippen LogP contribution in [0, 0.1) is 13.8 Å². The van der Waals surface area contributed by atoms with Crippen molar-refractivity contribution in [3.63, 3.8) is 0 Å². The molecule has 3 aromatic carbocycles. The molecule has 0 fully saturated rings. The number of benzene rings is 3. The summed E-state index contributed by atoms with van der Waals surface area (Å²) in [6.45, 7) is 8.27. The number of carbonyl (C=O) groups is 1. The molecule has 0 saturated carbocycles. The van der Waals surface area contributed by atoms with E-state index in [1.165, 1.54) is 32.5 Å². The van der Waals surface area contributed by atoms with E-state index in [9.17, 15) is 21.6 Å². The van der Waals surface area contributed by atoms with Crippen molar-refractivity contribution in [3.8, 4) is 0 Å². The van der Waals surface area contributed by atoms with Crippen molar-refractivity contribution in [2.75, 3.05) is 19.7 Å². The molecule has 0 amide bonds. The van der Waals surface area contributed by atoms with Gasteiger partial charge in [0, 0.05) is 30.6 Å². The lowest BCUT2D eigenvalue weighted by Crippen LogP contribution is -2.32. The van der Waals surface area contributed by atoms with Gasteiger partial charge in [0.2, 0.25) is 10.0 Å². The van der Waals surface area contributed by atoms with E-state index in [1.54, 1.807) is 36.4 Å². The van der Waals surface area contributed by atoms with Gasteiger partial charge in [0.15, 0.2) is 0 Å². The Morgan fingerprint density at radius 2 is 1.49 bits per heavy atom. The second kappa shape index (κ2) is 12.6. The van der Waals surface area contributed by atoms with Crippen LogP contribution in [-0.4, -0.2) is 50.8 Å². The summed E-state index contributed by atoms with van der Waals surface area (Å²) >= 11 is 0. The molecule has 1 heterocycles. The van der Waals surface area contributed by atoms with E-state index < -0.39 is 26.0 Å². The van der Waals surface area contributed by atoms with Crippen molar-refractivity contribution in [3.05, 3.63) is 95.2 Å². The Kier molecular flexibility index (Phi) is 9.36. The van der Waals surface area contributed by atoms with Gasteiger partial charge in [0.05, 0.1) is 27.5 Å². The Bertz CT molecular complexity index is 1750. The summed E-state index contributed by atoms with van der Waals surface area (Å²) in [5.74, 6) is -0.679. The van der Waals surface area contributed by atoms with Gasteiger partial charge < -0.3 is 4.74 Å². The average Bonchev–Trinajstić information content (AvgIpc) is 3.25. The number of ether oxygens (including phenoxy) is 1. The Morgan fingerprint density at radius 1 is 0.829 bits per heavy atom. The van der Waals surface area contributed by atoms with Gasteiger partial charge in [-0.25, -0.2) is 25.6 Å². The Labute approximate surface area is 242 Å². The van der Waals surface area contributed by atoms with Gasteiger partial charge in [-0.05, 0) is 68.7 Å². The first-order chi connectivity index (χ1) is 19.5. The summed E-state index contributed by atoms with van der Waals surface area (Å²) < 4.78 is 62.2. The zero-order chi connectivity index (χ0) is 29.8. The van der Waals surface area contributed by atoms with Crippen LogP contribution in [0.2, 0.25) is 0 Å².